The number of nitrogens with zero attached hydrogens (tertiary/aromatic N) is 1. The number of nitrogens with one attached hydrogen (secondary N) is 1. The highest BCUT2D eigenvalue weighted by molar-refractivity contribution is 6.13. The molecule has 0 saturated heterocycles. The summed E-state index contributed by atoms with van der Waals surface area (Å²) >= 11 is 0. The molecular formula is C22H18N2O2. The normalized spacial score (nSPS) is 14.8. The smallest absolute Gasteiger partial charge is 0.281 e. The van der Waals surface area contributed by atoms with Crippen LogP contribution in [0.4, 0.5) is 0 Å². The van der Waals surface area contributed by atoms with Crippen molar-refractivity contribution in [2.75, 3.05) is 0 Å². The summed E-state index contributed by atoms with van der Waals surface area (Å²) in [4.78, 5) is 12.5. The second kappa shape index (κ2) is 7.23. The Balaban J connectivity index is 1.55. The molecule has 128 valence electrons. The average molecular weight is 342 g/mol. The molecule has 4 nitrogen and oxygen atoms in total. The highest BCUT2D eigenvalue weighted by Crippen LogP contribution is 2.28. The van der Waals surface area contributed by atoms with E-state index in [4.69, 9.17) is 4.74 Å². The van der Waals surface area contributed by atoms with Gasteiger partial charge in [0.1, 0.15) is 5.75 Å². The number of fused-ring (bicyclic) bond motifs is 1. The first kappa shape index (κ1) is 16.1. The van der Waals surface area contributed by atoms with Gasteiger partial charge in [-0.15, -0.1) is 0 Å². The van der Waals surface area contributed by atoms with E-state index >= 15 is 0 Å². The molecule has 0 aliphatic carbocycles. The predicted octanol–water partition coefficient (Wildman–Crippen LogP) is 3.56. The summed E-state index contributed by atoms with van der Waals surface area (Å²) in [5.74, 6) is 0.522. The number of rotatable bonds is 4. The van der Waals surface area contributed by atoms with Crippen LogP contribution in [0.1, 0.15) is 16.7 Å². The number of amides is 1. The Labute approximate surface area is 152 Å². The predicted molar refractivity (Wildman–Crippen MR) is 101 cm³/mol. The molecule has 3 aromatic rings. The van der Waals surface area contributed by atoms with Gasteiger partial charge in [0.2, 0.25) is 0 Å². The zero-order valence-electron chi connectivity index (χ0n) is 14.1. The average Bonchev–Trinajstić information content (AvgIpc) is 3.14. The SMILES string of the molecule is O=C(NN=C(c1ccccc1)c1ccccc1)C1Cc2ccccc2O1. The lowest BCUT2D eigenvalue weighted by molar-refractivity contribution is -0.127. The van der Waals surface area contributed by atoms with Crippen molar-refractivity contribution in [2.45, 2.75) is 12.5 Å². The summed E-state index contributed by atoms with van der Waals surface area (Å²) in [5, 5.41) is 4.41. The number of carbonyl (C=O) groups is 1. The van der Waals surface area contributed by atoms with Gasteiger partial charge in [-0.25, -0.2) is 5.43 Å². The maximum Gasteiger partial charge on any atom is 0.281 e. The number of hydrogen-bond acceptors (Lipinski definition) is 3. The zero-order valence-corrected chi connectivity index (χ0v) is 14.1. The number of ether oxygens (including phenoxy) is 1. The lowest BCUT2D eigenvalue weighted by Crippen LogP contribution is -2.35. The molecule has 4 rings (SSSR count). The van der Waals surface area contributed by atoms with Crippen LogP contribution in [0.5, 0.6) is 5.75 Å². The van der Waals surface area contributed by atoms with Gasteiger partial charge < -0.3 is 4.74 Å². The third-order valence-electron chi connectivity index (χ3n) is 4.31. The molecule has 4 heteroatoms. The van der Waals surface area contributed by atoms with E-state index in [0.717, 1.165) is 28.2 Å². The molecule has 0 saturated carbocycles. The fourth-order valence-electron chi connectivity index (χ4n) is 3.00. The van der Waals surface area contributed by atoms with E-state index in [0.29, 0.717) is 6.42 Å². The maximum absolute atomic E-state index is 12.5. The third-order valence-corrected chi connectivity index (χ3v) is 4.31. The first-order valence-electron chi connectivity index (χ1n) is 8.54. The van der Waals surface area contributed by atoms with Crippen LogP contribution in [0.15, 0.2) is 90.0 Å². The second-order valence-corrected chi connectivity index (χ2v) is 6.09. The molecule has 1 unspecified atom stereocenters. The molecule has 1 atom stereocenters. The number of para-hydroxylation sites is 1. The van der Waals surface area contributed by atoms with Crippen molar-refractivity contribution in [2.24, 2.45) is 5.10 Å². The van der Waals surface area contributed by atoms with Crippen LogP contribution in [-0.4, -0.2) is 17.7 Å². The summed E-state index contributed by atoms with van der Waals surface area (Å²) < 4.78 is 5.73. The molecule has 1 N–H and O–H groups in total. The largest absolute Gasteiger partial charge is 0.480 e. The van der Waals surface area contributed by atoms with Crippen LogP contribution < -0.4 is 10.2 Å². The Kier molecular flexibility index (Phi) is 4.48. The van der Waals surface area contributed by atoms with Gasteiger partial charge in [-0.05, 0) is 11.6 Å². The molecule has 1 aliphatic heterocycles. The summed E-state index contributed by atoms with van der Waals surface area (Å²) in [5.41, 5.74) is 6.32. The molecule has 1 heterocycles. The van der Waals surface area contributed by atoms with E-state index in [1.807, 2.05) is 84.9 Å². The molecule has 0 aromatic heterocycles. The zero-order chi connectivity index (χ0) is 17.8. The minimum Gasteiger partial charge on any atom is -0.480 e. The van der Waals surface area contributed by atoms with E-state index < -0.39 is 6.10 Å². The molecule has 0 radical (unpaired) electrons. The maximum atomic E-state index is 12.5. The highest BCUT2D eigenvalue weighted by Gasteiger charge is 2.28. The lowest BCUT2D eigenvalue weighted by atomic mass is 10.0. The minimum absolute atomic E-state index is 0.245. The lowest BCUT2D eigenvalue weighted by Gasteiger charge is -2.11. The van der Waals surface area contributed by atoms with E-state index in [1.54, 1.807) is 0 Å². The van der Waals surface area contributed by atoms with Crippen molar-refractivity contribution in [3.63, 3.8) is 0 Å². The van der Waals surface area contributed by atoms with Crippen molar-refractivity contribution in [1.29, 1.82) is 0 Å². The molecule has 0 fully saturated rings. The van der Waals surface area contributed by atoms with Gasteiger partial charge in [0.25, 0.3) is 5.91 Å². The number of benzene rings is 3. The molecule has 0 bridgehead atoms. The van der Waals surface area contributed by atoms with Crippen LogP contribution in [0.3, 0.4) is 0 Å². The summed E-state index contributed by atoms with van der Waals surface area (Å²) in [6, 6.07) is 27.3. The minimum atomic E-state index is -0.552. The highest BCUT2D eigenvalue weighted by atomic mass is 16.5. The fourth-order valence-corrected chi connectivity index (χ4v) is 3.00. The molecule has 3 aromatic carbocycles. The van der Waals surface area contributed by atoms with E-state index in [2.05, 4.69) is 10.5 Å². The topological polar surface area (TPSA) is 50.7 Å². The Morgan fingerprint density at radius 2 is 1.42 bits per heavy atom. The second-order valence-electron chi connectivity index (χ2n) is 6.09. The van der Waals surface area contributed by atoms with Gasteiger partial charge in [0.05, 0.1) is 5.71 Å². The molecule has 26 heavy (non-hydrogen) atoms. The quantitative estimate of drug-likeness (QED) is 0.582. The molecule has 0 spiro atoms. The third kappa shape index (κ3) is 3.35. The molecule has 1 amide bonds. The fraction of sp³-hybridized carbons (Fsp3) is 0.0909. The molecular weight excluding hydrogens is 324 g/mol. The monoisotopic (exact) mass is 342 g/mol. The van der Waals surface area contributed by atoms with Crippen LogP contribution in [0.25, 0.3) is 0 Å². The van der Waals surface area contributed by atoms with Gasteiger partial charge in [-0.2, -0.15) is 5.10 Å². The Morgan fingerprint density at radius 1 is 0.846 bits per heavy atom. The van der Waals surface area contributed by atoms with Gasteiger partial charge in [-0.1, -0.05) is 78.9 Å². The molecule has 1 aliphatic rings. The first-order valence-corrected chi connectivity index (χ1v) is 8.54. The van der Waals surface area contributed by atoms with Crippen molar-refractivity contribution in [3.8, 4) is 5.75 Å². The number of hydrazone groups is 1. The van der Waals surface area contributed by atoms with Gasteiger partial charge in [0.15, 0.2) is 6.10 Å². The van der Waals surface area contributed by atoms with E-state index in [9.17, 15) is 4.79 Å². The number of carbonyl (C=O) groups excluding carboxylic acids is 1. The van der Waals surface area contributed by atoms with Crippen molar-refractivity contribution in [1.82, 2.24) is 5.43 Å². The summed E-state index contributed by atoms with van der Waals surface area (Å²) in [6.07, 6.45) is 0.00716. The Hall–Kier alpha value is -3.40. The summed E-state index contributed by atoms with van der Waals surface area (Å²) in [7, 11) is 0. The Morgan fingerprint density at radius 3 is 2.04 bits per heavy atom. The van der Waals surface area contributed by atoms with Crippen LogP contribution in [0.2, 0.25) is 0 Å². The van der Waals surface area contributed by atoms with E-state index in [-0.39, 0.29) is 5.91 Å². The number of hydrogen-bond donors (Lipinski definition) is 1. The van der Waals surface area contributed by atoms with Gasteiger partial charge >= 0.3 is 0 Å². The summed E-state index contributed by atoms with van der Waals surface area (Å²) in [6.45, 7) is 0. The van der Waals surface area contributed by atoms with E-state index in [1.165, 1.54) is 0 Å². The van der Waals surface area contributed by atoms with Crippen LogP contribution in [-0.2, 0) is 11.2 Å². The first-order chi connectivity index (χ1) is 12.8. The standard InChI is InChI=1S/C22H18N2O2/c25-22(20-15-18-13-7-8-14-19(18)26-20)24-23-21(16-9-3-1-4-10-16)17-11-5-2-6-12-17/h1-14,20H,15H2,(H,24,25). The van der Waals surface area contributed by atoms with Crippen molar-refractivity contribution in [3.05, 3.63) is 102 Å². The van der Waals surface area contributed by atoms with Gasteiger partial charge in [-0.3, -0.25) is 4.79 Å². The Bertz CT molecular complexity index is 870. The van der Waals surface area contributed by atoms with Crippen LogP contribution >= 0.6 is 0 Å². The van der Waals surface area contributed by atoms with Crippen molar-refractivity contribution < 1.29 is 9.53 Å². The van der Waals surface area contributed by atoms with Crippen LogP contribution in [0, 0.1) is 0 Å². The van der Waals surface area contributed by atoms with Gasteiger partial charge in [0, 0.05) is 17.5 Å². The van der Waals surface area contributed by atoms with Crippen molar-refractivity contribution >= 4 is 11.6 Å².